The Hall–Kier alpha value is -3.19. The average molecular weight is 430 g/mol. The van der Waals surface area contributed by atoms with Crippen LogP contribution < -0.4 is 15.8 Å². The number of primary amides is 1. The maximum atomic E-state index is 12.3. The summed E-state index contributed by atoms with van der Waals surface area (Å²) in [5.41, 5.74) is 6.81. The Labute approximate surface area is 178 Å². The van der Waals surface area contributed by atoms with E-state index in [1.807, 2.05) is 4.57 Å². The normalized spacial score (nSPS) is 23.7. The highest BCUT2D eigenvalue weighted by atomic mass is 19.3. The number of anilines is 2. The molecule has 0 aromatic carbocycles. The second-order valence-corrected chi connectivity index (χ2v) is 7.94. The van der Waals surface area contributed by atoms with Gasteiger partial charge in [-0.1, -0.05) is 0 Å². The highest BCUT2D eigenvalue weighted by Crippen LogP contribution is 2.38. The SMILES string of the molecule is N#C[C@H]1C[C@@H](N2CCC2)CC[C@@H]1n1cc(Nc2ccc(OC(F)F)nc2)c(C(N)=O)c1. The van der Waals surface area contributed by atoms with Gasteiger partial charge in [0, 0.05) is 30.5 Å². The van der Waals surface area contributed by atoms with Gasteiger partial charge in [-0.2, -0.15) is 14.0 Å². The number of carbonyl (C=O) groups excluding carboxylic acids is 1. The summed E-state index contributed by atoms with van der Waals surface area (Å²) in [6.45, 7) is -0.746. The number of aromatic nitrogens is 2. The van der Waals surface area contributed by atoms with Crippen LogP contribution >= 0.6 is 0 Å². The molecule has 2 aliphatic rings. The smallest absolute Gasteiger partial charge is 0.388 e. The van der Waals surface area contributed by atoms with Crippen LogP contribution in [0.5, 0.6) is 5.88 Å². The van der Waals surface area contributed by atoms with E-state index in [9.17, 15) is 18.8 Å². The third-order valence-corrected chi connectivity index (χ3v) is 6.08. The zero-order valence-corrected chi connectivity index (χ0v) is 16.9. The number of amides is 1. The number of hydrogen-bond donors (Lipinski definition) is 2. The largest absolute Gasteiger partial charge is 0.417 e. The molecule has 1 aliphatic carbocycles. The van der Waals surface area contributed by atoms with Crippen LogP contribution in [-0.2, 0) is 0 Å². The number of halogens is 2. The van der Waals surface area contributed by atoms with E-state index in [-0.39, 0.29) is 23.4 Å². The fourth-order valence-electron chi connectivity index (χ4n) is 4.40. The number of pyridine rings is 1. The molecular formula is C21H24F2N6O2. The number of nitrogens with two attached hydrogens (primary N) is 1. The molecule has 3 atom stereocenters. The molecule has 31 heavy (non-hydrogen) atoms. The molecule has 1 saturated heterocycles. The lowest BCUT2D eigenvalue weighted by molar-refractivity contribution is -0.0528. The lowest BCUT2D eigenvalue weighted by Gasteiger charge is -2.43. The second kappa shape index (κ2) is 8.89. The molecule has 3 N–H and O–H groups in total. The van der Waals surface area contributed by atoms with E-state index in [4.69, 9.17) is 5.73 Å². The van der Waals surface area contributed by atoms with Gasteiger partial charge in [-0.15, -0.1) is 0 Å². The van der Waals surface area contributed by atoms with Crippen LogP contribution in [0.3, 0.4) is 0 Å². The van der Waals surface area contributed by atoms with Gasteiger partial charge in [0.25, 0.3) is 5.91 Å². The van der Waals surface area contributed by atoms with Crippen molar-refractivity contribution in [1.29, 1.82) is 5.26 Å². The molecule has 0 unspecified atom stereocenters. The minimum absolute atomic E-state index is 0.0453. The quantitative estimate of drug-likeness (QED) is 0.698. The van der Waals surface area contributed by atoms with Crippen LogP contribution in [-0.4, -0.2) is 46.1 Å². The van der Waals surface area contributed by atoms with Crippen molar-refractivity contribution in [3.63, 3.8) is 0 Å². The Morgan fingerprint density at radius 1 is 1.32 bits per heavy atom. The maximum absolute atomic E-state index is 12.3. The summed E-state index contributed by atoms with van der Waals surface area (Å²) in [6.07, 6.45) is 8.64. The minimum Gasteiger partial charge on any atom is -0.417 e. The van der Waals surface area contributed by atoms with E-state index >= 15 is 0 Å². The molecule has 0 spiro atoms. The number of nitrogens with zero attached hydrogens (tertiary/aromatic N) is 4. The molecule has 3 heterocycles. The molecule has 8 nitrogen and oxygen atoms in total. The summed E-state index contributed by atoms with van der Waals surface area (Å²) in [5.74, 6) is -0.966. The number of hydrogen-bond acceptors (Lipinski definition) is 6. The first-order valence-corrected chi connectivity index (χ1v) is 10.3. The summed E-state index contributed by atoms with van der Waals surface area (Å²) in [7, 11) is 0. The number of carbonyl (C=O) groups is 1. The molecule has 2 aromatic rings. The molecule has 1 amide bonds. The molecule has 1 saturated carbocycles. The Morgan fingerprint density at radius 2 is 2.13 bits per heavy atom. The van der Waals surface area contributed by atoms with Gasteiger partial charge in [-0.25, -0.2) is 4.98 Å². The van der Waals surface area contributed by atoms with E-state index in [0.717, 1.165) is 32.4 Å². The third kappa shape index (κ3) is 4.61. The highest BCUT2D eigenvalue weighted by molar-refractivity contribution is 5.99. The van der Waals surface area contributed by atoms with E-state index in [1.54, 1.807) is 12.4 Å². The molecule has 0 radical (unpaired) electrons. The van der Waals surface area contributed by atoms with Crippen LogP contribution in [0.15, 0.2) is 30.7 Å². The van der Waals surface area contributed by atoms with E-state index < -0.39 is 12.5 Å². The van der Waals surface area contributed by atoms with Gasteiger partial charge in [0.05, 0.1) is 35.1 Å². The van der Waals surface area contributed by atoms with Crippen LogP contribution in [0, 0.1) is 17.2 Å². The van der Waals surface area contributed by atoms with Gasteiger partial charge >= 0.3 is 6.61 Å². The average Bonchev–Trinajstić information content (AvgIpc) is 3.11. The van der Waals surface area contributed by atoms with Gasteiger partial charge < -0.3 is 25.3 Å². The number of ether oxygens (including phenoxy) is 1. The first kappa shape index (κ1) is 21.1. The molecule has 4 rings (SSSR count). The summed E-state index contributed by atoms with van der Waals surface area (Å²) in [5, 5.41) is 12.8. The number of nitrogens with one attached hydrogen (secondary N) is 1. The zero-order valence-electron chi connectivity index (χ0n) is 16.9. The standard InChI is InChI=1S/C21H24F2N6O2/c22-21(23)31-19-5-2-14(10-26-19)27-17-12-29(11-16(17)20(25)30)18-4-3-15(8-13(18)9-24)28-6-1-7-28/h2,5,10-13,15,18,21,27H,1,3-4,6-8H2,(H2,25,30)/t13-,15+,18+/m1/s1. The predicted octanol–water partition coefficient (Wildman–Crippen LogP) is 3.27. The zero-order chi connectivity index (χ0) is 22.0. The summed E-state index contributed by atoms with van der Waals surface area (Å²) < 4.78 is 30.7. The lowest BCUT2D eigenvalue weighted by atomic mass is 9.80. The van der Waals surface area contributed by atoms with Crippen molar-refractivity contribution in [3.8, 4) is 11.9 Å². The highest BCUT2D eigenvalue weighted by Gasteiger charge is 2.36. The van der Waals surface area contributed by atoms with Crippen molar-refractivity contribution in [2.45, 2.75) is 44.4 Å². The Morgan fingerprint density at radius 3 is 2.71 bits per heavy atom. The molecule has 2 fully saturated rings. The number of likely N-dealkylation sites (tertiary alicyclic amines) is 1. The van der Waals surface area contributed by atoms with Crippen molar-refractivity contribution in [1.82, 2.24) is 14.5 Å². The maximum Gasteiger partial charge on any atom is 0.388 e. The summed E-state index contributed by atoms with van der Waals surface area (Å²) >= 11 is 0. The van der Waals surface area contributed by atoms with Crippen LogP contribution in [0.25, 0.3) is 0 Å². The Bertz CT molecular complexity index is 967. The molecule has 0 bridgehead atoms. The van der Waals surface area contributed by atoms with Crippen molar-refractivity contribution >= 4 is 17.3 Å². The van der Waals surface area contributed by atoms with Crippen LogP contribution in [0.1, 0.15) is 42.1 Å². The summed E-state index contributed by atoms with van der Waals surface area (Å²) in [4.78, 5) is 18.3. The molecule has 164 valence electrons. The molecule has 2 aromatic heterocycles. The van der Waals surface area contributed by atoms with Crippen LogP contribution in [0.4, 0.5) is 20.2 Å². The second-order valence-electron chi connectivity index (χ2n) is 7.94. The van der Waals surface area contributed by atoms with Gasteiger partial charge in [-0.05, 0) is 44.8 Å². The Kier molecular flexibility index (Phi) is 6.04. The molecular weight excluding hydrogens is 406 g/mol. The summed E-state index contributed by atoms with van der Waals surface area (Å²) in [6, 6.07) is 5.66. The first-order valence-electron chi connectivity index (χ1n) is 10.3. The molecule has 1 aliphatic heterocycles. The number of rotatable bonds is 7. The minimum atomic E-state index is -2.95. The topological polar surface area (TPSA) is 109 Å². The van der Waals surface area contributed by atoms with E-state index in [0.29, 0.717) is 17.4 Å². The Balaban J connectivity index is 1.52. The first-order chi connectivity index (χ1) is 14.9. The van der Waals surface area contributed by atoms with Crippen molar-refractivity contribution in [3.05, 3.63) is 36.3 Å². The van der Waals surface area contributed by atoms with Crippen molar-refractivity contribution < 1.29 is 18.3 Å². The number of alkyl halides is 2. The van der Waals surface area contributed by atoms with E-state index in [2.05, 4.69) is 26.0 Å². The predicted molar refractivity (Wildman–Crippen MR) is 109 cm³/mol. The fourth-order valence-corrected chi connectivity index (χ4v) is 4.40. The van der Waals surface area contributed by atoms with Gasteiger partial charge in [-0.3, -0.25) is 4.79 Å². The van der Waals surface area contributed by atoms with E-state index in [1.165, 1.54) is 24.8 Å². The number of nitriles is 1. The van der Waals surface area contributed by atoms with Crippen molar-refractivity contribution in [2.75, 3.05) is 18.4 Å². The molecule has 10 heteroatoms. The fraction of sp³-hybridized carbons (Fsp3) is 0.476. The lowest BCUT2D eigenvalue weighted by Crippen LogP contribution is -2.48. The van der Waals surface area contributed by atoms with Gasteiger partial charge in [0.15, 0.2) is 0 Å². The monoisotopic (exact) mass is 430 g/mol. The van der Waals surface area contributed by atoms with Crippen LogP contribution in [0.2, 0.25) is 0 Å². The van der Waals surface area contributed by atoms with Crippen molar-refractivity contribution in [2.24, 2.45) is 11.7 Å². The van der Waals surface area contributed by atoms with Gasteiger partial charge in [0.1, 0.15) is 0 Å². The third-order valence-electron chi connectivity index (χ3n) is 6.08. The van der Waals surface area contributed by atoms with Gasteiger partial charge in [0.2, 0.25) is 5.88 Å².